The van der Waals surface area contributed by atoms with Crippen molar-refractivity contribution in [3.05, 3.63) is 218 Å². The molecule has 0 aliphatic carbocycles. The highest BCUT2D eigenvalue weighted by Crippen LogP contribution is 2.43. The second-order valence-corrected chi connectivity index (χ2v) is 15.4. The molecule has 12 rings (SSSR count). The van der Waals surface area contributed by atoms with Gasteiger partial charge in [-0.3, -0.25) is 0 Å². The molecule has 2 heterocycles. The zero-order chi connectivity index (χ0) is 38.9. The number of anilines is 3. The van der Waals surface area contributed by atoms with Gasteiger partial charge in [0.2, 0.25) is 0 Å². The van der Waals surface area contributed by atoms with Gasteiger partial charge in [0.05, 0.1) is 11.0 Å². The van der Waals surface area contributed by atoms with Crippen molar-refractivity contribution in [2.24, 2.45) is 0 Å². The molecule has 0 fully saturated rings. The van der Waals surface area contributed by atoms with E-state index in [0.717, 1.165) is 55.8 Å². The molecule has 0 N–H and O–H groups in total. The number of rotatable bonds is 6. The molecule has 12 aromatic rings. The number of fused-ring (bicyclic) bond motifs is 8. The summed E-state index contributed by atoms with van der Waals surface area (Å²) in [5.74, 6) is 0. The van der Waals surface area contributed by atoms with Crippen molar-refractivity contribution in [3.63, 3.8) is 0 Å². The van der Waals surface area contributed by atoms with Crippen molar-refractivity contribution < 1.29 is 4.42 Å². The molecule has 0 aliphatic rings. The maximum Gasteiger partial charge on any atom is 0.143 e. The van der Waals surface area contributed by atoms with Gasteiger partial charge in [0.25, 0.3) is 0 Å². The number of nitrogens with zero attached hydrogens (tertiary/aromatic N) is 2. The van der Waals surface area contributed by atoms with Gasteiger partial charge in [0, 0.05) is 49.9 Å². The molecule has 0 spiro atoms. The first kappa shape index (κ1) is 33.3. The average molecular weight is 753 g/mol. The summed E-state index contributed by atoms with van der Waals surface area (Å²) < 4.78 is 9.14. The summed E-state index contributed by atoms with van der Waals surface area (Å²) in [7, 11) is 0. The summed E-state index contributed by atoms with van der Waals surface area (Å²) in [6, 6.07) is 78.7. The van der Waals surface area contributed by atoms with Crippen LogP contribution in [0.2, 0.25) is 0 Å². The standard InChI is InChI=1S/C56H36N2O/c1-2-16-44(17-3-1)57(45-28-24-38(25-29-45)43-23-22-37-12-4-5-13-40(37)32-43)46-30-26-39(27-31-46)50-35-47(36-52-49-19-9-11-21-55(49)59-56(50)52)58-53-20-10-8-18-48(53)51-33-41-14-6-7-15-42(41)34-54(51)58/h1-36H. The minimum atomic E-state index is 0.883. The second kappa shape index (κ2) is 13.4. The van der Waals surface area contributed by atoms with Crippen molar-refractivity contribution in [1.29, 1.82) is 0 Å². The molecule has 0 bridgehead atoms. The van der Waals surface area contributed by atoms with Gasteiger partial charge in [-0.2, -0.15) is 0 Å². The van der Waals surface area contributed by atoms with Gasteiger partial charge in [0.1, 0.15) is 11.2 Å². The fourth-order valence-corrected chi connectivity index (χ4v) is 9.07. The summed E-state index contributed by atoms with van der Waals surface area (Å²) in [5, 5.41) is 9.65. The molecular formula is C56H36N2O. The maximum atomic E-state index is 6.71. The summed E-state index contributed by atoms with van der Waals surface area (Å²) >= 11 is 0. The summed E-state index contributed by atoms with van der Waals surface area (Å²) in [6.45, 7) is 0. The highest BCUT2D eigenvalue weighted by molar-refractivity contribution is 6.15. The highest BCUT2D eigenvalue weighted by Gasteiger charge is 2.20. The summed E-state index contributed by atoms with van der Waals surface area (Å²) in [5.41, 5.74) is 13.0. The zero-order valence-corrected chi connectivity index (χ0v) is 32.1. The first-order valence-electron chi connectivity index (χ1n) is 20.2. The van der Waals surface area contributed by atoms with E-state index in [-0.39, 0.29) is 0 Å². The number of aromatic nitrogens is 1. The molecule has 0 aliphatic heterocycles. The van der Waals surface area contributed by atoms with Crippen LogP contribution in [0.25, 0.3) is 93.2 Å². The van der Waals surface area contributed by atoms with Gasteiger partial charge in [-0.1, -0.05) is 140 Å². The predicted molar refractivity (Wildman–Crippen MR) is 249 cm³/mol. The quantitative estimate of drug-likeness (QED) is 0.169. The molecule has 0 radical (unpaired) electrons. The third kappa shape index (κ3) is 5.51. The zero-order valence-electron chi connectivity index (χ0n) is 32.1. The molecule has 0 saturated carbocycles. The lowest BCUT2D eigenvalue weighted by molar-refractivity contribution is 0.670. The summed E-state index contributed by atoms with van der Waals surface area (Å²) in [4.78, 5) is 2.32. The van der Waals surface area contributed by atoms with E-state index >= 15 is 0 Å². The van der Waals surface area contributed by atoms with E-state index in [2.05, 4.69) is 222 Å². The Morgan fingerprint density at radius 3 is 1.68 bits per heavy atom. The van der Waals surface area contributed by atoms with Crippen molar-refractivity contribution in [3.8, 4) is 27.9 Å². The predicted octanol–water partition coefficient (Wildman–Crippen LogP) is 15.8. The topological polar surface area (TPSA) is 21.3 Å². The number of furan rings is 1. The lowest BCUT2D eigenvalue weighted by atomic mass is 10.00. The van der Waals surface area contributed by atoms with Crippen LogP contribution in [0.3, 0.4) is 0 Å². The van der Waals surface area contributed by atoms with Crippen LogP contribution in [-0.2, 0) is 0 Å². The monoisotopic (exact) mass is 752 g/mol. The first-order valence-corrected chi connectivity index (χ1v) is 20.2. The Morgan fingerprint density at radius 2 is 0.915 bits per heavy atom. The van der Waals surface area contributed by atoms with Crippen LogP contribution in [0.1, 0.15) is 0 Å². The van der Waals surface area contributed by atoms with Crippen LogP contribution in [0.15, 0.2) is 223 Å². The van der Waals surface area contributed by atoms with E-state index in [9.17, 15) is 0 Å². The van der Waals surface area contributed by atoms with Gasteiger partial charge in [0.15, 0.2) is 0 Å². The smallest absolute Gasteiger partial charge is 0.143 e. The van der Waals surface area contributed by atoms with E-state index in [1.165, 1.54) is 54.5 Å². The lowest BCUT2D eigenvalue weighted by Gasteiger charge is -2.26. The molecule has 0 unspecified atom stereocenters. The van der Waals surface area contributed by atoms with Gasteiger partial charge >= 0.3 is 0 Å². The van der Waals surface area contributed by atoms with Gasteiger partial charge in [-0.15, -0.1) is 0 Å². The van der Waals surface area contributed by atoms with Crippen LogP contribution >= 0.6 is 0 Å². The van der Waals surface area contributed by atoms with Crippen molar-refractivity contribution in [2.45, 2.75) is 0 Å². The molecule has 0 amide bonds. The Bertz CT molecular complexity index is 3540. The minimum absolute atomic E-state index is 0.883. The second-order valence-electron chi connectivity index (χ2n) is 15.4. The van der Waals surface area contributed by atoms with Crippen LogP contribution in [0.4, 0.5) is 17.1 Å². The van der Waals surface area contributed by atoms with Crippen LogP contribution in [0, 0.1) is 0 Å². The normalized spacial score (nSPS) is 11.7. The molecule has 2 aromatic heterocycles. The minimum Gasteiger partial charge on any atom is -0.455 e. The molecule has 3 heteroatoms. The molecule has 276 valence electrons. The van der Waals surface area contributed by atoms with Crippen LogP contribution in [0.5, 0.6) is 0 Å². The first-order chi connectivity index (χ1) is 29.2. The van der Waals surface area contributed by atoms with E-state index in [1.807, 2.05) is 6.07 Å². The maximum absolute atomic E-state index is 6.71. The Kier molecular flexibility index (Phi) is 7.54. The van der Waals surface area contributed by atoms with E-state index < -0.39 is 0 Å². The largest absolute Gasteiger partial charge is 0.455 e. The highest BCUT2D eigenvalue weighted by atomic mass is 16.3. The fourth-order valence-electron chi connectivity index (χ4n) is 9.07. The molecule has 0 atom stereocenters. The van der Waals surface area contributed by atoms with Crippen LogP contribution < -0.4 is 4.90 Å². The number of para-hydroxylation sites is 3. The van der Waals surface area contributed by atoms with Gasteiger partial charge < -0.3 is 13.9 Å². The van der Waals surface area contributed by atoms with Crippen molar-refractivity contribution in [1.82, 2.24) is 4.57 Å². The van der Waals surface area contributed by atoms with E-state index in [4.69, 9.17) is 4.42 Å². The molecule has 0 saturated heterocycles. The van der Waals surface area contributed by atoms with Crippen molar-refractivity contribution in [2.75, 3.05) is 4.90 Å². The number of hydrogen-bond donors (Lipinski definition) is 0. The van der Waals surface area contributed by atoms with Gasteiger partial charge in [-0.05, 0) is 117 Å². The average Bonchev–Trinajstić information content (AvgIpc) is 3.84. The Balaban J connectivity index is 1.00. The Morgan fingerprint density at radius 1 is 0.339 bits per heavy atom. The number of hydrogen-bond acceptors (Lipinski definition) is 2. The molecule has 3 nitrogen and oxygen atoms in total. The Hall–Kier alpha value is -7.88. The fraction of sp³-hybridized carbons (Fsp3) is 0. The molecule has 59 heavy (non-hydrogen) atoms. The van der Waals surface area contributed by atoms with E-state index in [0.29, 0.717) is 0 Å². The van der Waals surface area contributed by atoms with Crippen LogP contribution in [-0.4, -0.2) is 4.57 Å². The number of benzene rings is 10. The van der Waals surface area contributed by atoms with E-state index in [1.54, 1.807) is 0 Å². The van der Waals surface area contributed by atoms with Crippen molar-refractivity contribution >= 4 is 82.4 Å². The summed E-state index contributed by atoms with van der Waals surface area (Å²) in [6.07, 6.45) is 0. The third-order valence-electron chi connectivity index (χ3n) is 11.9. The lowest BCUT2D eigenvalue weighted by Crippen LogP contribution is -2.09. The van der Waals surface area contributed by atoms with Gasteiger partial charge in [-0.25, -0.2) is 0 Å². The molecular weight excluding hydrogens is 717 g/mol. The molecule has 10 aromatic carbocycles. The Labute approximate surface area is 341 Å². The SMILES string of the molecule is c1ccc(N(c2ccc(-c3ccc4ccccc4c3)cc2)c2ccc(-c3cc(-n4c5ccccc5c5cc6ccccc6cc54)cc4c3oc3ccccc34)cc2)cc1. The third-order valence-corrected chi connectivity index (χ3v) is 11.9.